The molecule has 1 aromatic rings. The topological polar surface area (TPSA) is 38.0 Å². The molecule has 1 aliphatic carbocycles. The predicted octanol–water partition coefficient (Wildman–Crippen LogP) is 3.90. The van der Waals surface area contributed by atoms with Crippen LogP contribution in [0, 0.1) is 5.41 Å². The number of rotatable bonds is 5. The van der Waals surface area contributed by atoms with Crippen LogP contribution in [0.15, 0.2) is 15.9 Å². The first-order valence-electron chi connectivity index (χ1n) is 6.88. The van der Waals surface area contributed by atoms with Crippen LogP contribution in [0.25, 0.3) is 0 Å². The highest BCUT2D eigenvalue weighted by Crippen LogP contribution is 2.33. The lowest BCUT2D eigenvalue weighted by atomic mass is 9.80. The molecule has 0 spiro atoms. The van der Waals surface area contributed by atoms with Crippen molar-refractivity contribution in [2.75, 3.05) is 13.1 Å². The summed E-state index contributed by atoms with van der Waals surface area (Å²) in [5, 5.41) is 5.75. The van der Waals surface area contributed by atoms with Crippen LogP contribution in [-0.4, -0.2) is 13.1 Å². The number of thiophene rings is 1. The SMILES string of the molecule is NCC1(CNCc2sccc2Br)CCCCCC1. The molecule has 2 rings (SSSR count). The van der Waals surface area contributed by atoms with Crippen LogP contribution in [0.4, 0.5) is 0 Å². The van der Waals surface area contributed by atoms with Gasteiger partial charge in [0, 0.05) is 22.4 Å². The zero-order valence-electron chi connectivity index (χ0n) is 10.9. The molecule has 1 aliphatic rings. The first-order chi connectivity index (χ1) is 8.76. The Bertz CT molecular complexity index is 356. The maximum atomic E-state index is 6.05. The van der Waals surface area contributed by atoms with E-state index in [1.54, 1.807) is 11.3 Å². The van der Waals surface area contributed by atoms with E-state index >= 15 is 0 Å². The van der Waals surface area contributed by atoms with E-state index < -0.39 is 0 Å². The quantitative estimate of drug-likeness (QED) is 0.803. The fraction of sp³-hybridized carbons (Fsp3) is 0.714. The lowest BCUT2D eigenvalue weighted by molar-refractivity contribution is 0.242. The van der Waals surface area contributed by atoms with Gasteiger partial charge in [-0.15, -0.1) is 11.3 Å². The van der Waals surface area contributed by atoms with E-state index in [1.807, 2.05) is 0 Å². The summed E-state index contributed by atoms with van der Waals surface area (Å²) in [4.78, 5) is 1.38. The van der Waals surface area contributed by atoms with Crippen molar-refractivity contribution in [3.8, 4) is 0 Å². The average Bonchev–Trinajstić information content (AvgIpc) is 2.66. The molecule has 4 heteroatoms. The van der Waals surface area contributed by atoms with Crippen LogP contribution in [-0.2, 0) is 6.54 Å². The van der Waals surface area contributed by atoms with E-state index in [0.29, 0.717) is 5.41 Å². The van der Waals surface area contributed by atoms with Gasteiger partial charge in [-0.3, -0.25) is 0 Å². The summed E-state index contributed by atoms with van der Waals surface area (Å²) in [5.41, 5.74) is 6.40. The number of nitrogens with two attached hydrogens (primary N) is 1. The molecule has 102 valence electrons. The van der Waals surface area contributed by atoms with Crippen molar-refractivity contribution < 1.29 is 0 Å². The largest absolute Gasteiger partial charge is 0.330 e. The minimum Gasteiger partial charge on any atom is -0.330 e. The zero-order valence-corrected chi connectivity index (χ0v) is 13.3. The average molecular weight is 331 g/mol. The number of hydrogen-bond donors (Lipinski definition) is 2. The van der Waals surface area contributed by atoms with Crippen LogP contribution < -0.4 is 11.1 Å². The highest BCUT2D eigenvalue weighted by Gasteiger charge is 2.28. The second-order valence-corrected chi connectivity index (χ2v) is 7.27. The highest BCUT2D eigenvalue weighted by molar-refractivity contribution is 9.10. The van der Waals surface area contributed by atoms with E-state index in [-0.39, 0.29) is 0 Å². The fourth-order valence-electron chi connectivity index (χ4n) is 2.82. The molecule has 2 nitrogen and oxygen atoms in total. The Hall–Kier alpha value is 0.100. The Labute approximate surface area is 122 Å². The maximum Gasteiger partial charge on any atom is 0.0327 e. The van der Waals surface area contributed by atoms with Crippen molar-refractivity contribution in [3.05, 3.63) is 20.8 Å². The molecule has 1 aromatic heterocycles. The number of hydrogen-bond acceptors (Lipinski definition) is 3. The van der Waals surface area contributed by atoms with Gasteiger partial charge in [-0.05, 0) is 52.2 Å². The third-order valence-electron chi connectivity index (χ3n) is 4.07. The zero-order chi connectivity index (χ0) is 12.8. The maximum absolute atomic E-state index is 6.05. The van der Waals surface area contributed by atoms with Crippen LogP contribution in [0.1, 0.15) is 43.4 Å². The summed E-state index contributed by atoms with van der Waals surface area (Å²) in [7, 11) is 0. The van der Waals surface area contributed by atoms with Gasteiger partial charge < -0.3 is 11.1 Å². The third kappa shape index (κ3) is 3.80. The lowest BCUT2D eigenvalue weighted by Crippen LogP contribution is -2.39. The van der Waals surface area contributed by atoms with Crippen LogP contribution >= 0.6 is 27.3 Å². The van der Waals surface area contributed by atoms with Crippen LogP contribution in [0.2, 0.25) is 0 Å². The molecular weight excluding hydrogens is 308 g/mol. The molecule has 1 heterocycles. The molecular formula is C14H23BrN2S. The van der Waals surface area contributed by atoms with Gasteiger partial charge in [-0.2, -0.15) is 0 Å². The summed E-state index contributed by atoms with van der Waals surface area (Å²) in [6, 6.07) is 2.12. The molecule has 3 N–H and O–H groups in total. The minimum absolute atomic E-state index is 0.347. The second-order valence-electron chi connectivity index (χ2n) is 5.41. The Kier molecular flexibility index (Phi) is 5.67. The highest BCUT2D eigenvalue weighted by atomic mass is 79.9. The minimum atomic E-state index is 0.347. The standard InChI is InChI=1S/C14H23BrN2S/c15-12-5-8-18-13(12)9-17-11-14(10-16)6-3-1-2-4-7-14/h5,8,17H,1-4,6-7,9-11,16H2. The molecule has 0 aromatic carbocycles. The summed E-state index contributed by atoms with van der Waals surface area (Å²) < 4.78 is 1.22. The molecule has 0 radical (unpaired) electrons. The van der Waals surface area contributed by atoms with E-state index in [9.17, 15) is 0 Å². The van der Waals surface area contributed by atoms with Crippen LogP contribution in [0.5, 0.6) is 0 Å². The van der Waals surface area contributed by atoms with E-state index in [0.717, 1.165) is 19.6 Å². The summed E-state index contributed by atoms with van der Waals surface area (Å²) in [6.45, 7) is 2.85. The van der Waals surface area contributed by atoms with Crippen LogP contribution in [0.3, 0.4) is 0 Å². The Balaban J connectivity index is 1.84. The number of nitrogens with one attached hydrogen (secondary N) is 1. The van der Waals surface area contributed by atoms with E-state index in [1.165, 1.54) is 47.9 Å². The Morgan fingerprint density at radius 1 is 1.28 bits per heavy atom. The van der Waals surface area contributed by atoms with Gasteiger partial charge in [0.1, 0.15) is 0 Å². The Morgan fingerprint density at radius 3 is 2.56 bits per heavy atom. The number of halogens is 1. The molecule has 0 bridgehead atoms. The third-order valence-corrected chi connectivity index (χ3v) is 6.00. The van der Waals surface area contributed by atoms with Gasteiger partial charge in [-0.25, -0.2) is 0 Å². The van der Waals surface area contributed by atoms with Gasteiger partial charge in [0.25, 0.3) is 0 Å². The van der Waals surface area contributed by atoms with Crippen molar-refractivity contribution in [2.24, 2.45) is 11.1 Å². The van der Waals surface area contributed by atoms with E-state index in [2.05, 4.69) is 32.7 Å². The molecule has 1 saturated carbocycles. The van der Waals surface area contributed by atoms with Gasteiger partial charge in [0.05, 0.1) is 0 Å². The first kappa shape index (κ1) is 14.5. The fourth-order valence-corrected chi connectivity index (χ4v) is 4.29. The second kappa shape index (κ2) is 7.04. The molecule has 1 fully saturated rings. The smallest absolute Gasteiger partial charge is 0.0327 e. The first-order valence-corrected chi connectivity index (χ1v) is 8.56. The molecule has 18 heavy (non-hydrogen) atoms. The van der Waals surface area contributed by atoms with Crippen molar-refractivity contribution >= 4 is 27.3 Å². The molecule has 0 amide bonds. The predicted molar refractivity (Wildman–Crippen MR) is 82.9 cm³/mol. The lowest BCUT2D eigenvalue weighted by Gasteiger charge is -2.31. The summed E-state index contributed by atoms with van der Waals surface area (Å²) in [5.74, 6) is 0. The summed E-state index contributed by atoms with van der Waals surface area (Å²) in [6.07, 6.45) is 8.06. The van der Waals surface area contributed by atoms with Gasteiger partial charge in [0.2, 0.25) is 0 Å². The molecule has 0 aliphatic heterocycles. The van der Waals surface area contributed by atoms with Gasteiger partial charge in [-0.1, -0.05) is 25.7 Å². The van der Waals surface area contributed by atoms with Gasteiger partial charge >= 0.3 is 0 Å². The normalized spacial score (nSPS) is 19.7. The molecule has 0 saturated heterocycles. The molecule has 0 atom stereocenters. The van der Waals surface area contributed by atoms with Crippen molar-refractivity contribution in [1.29, 1.82) is 0 Å². The molecule has 0 unspecified atom stereocenters. The Morgan fingerprint density at radius 2 is 2.00 bits per heavy atom. The van der Waals surface area contributed by atoms with Gasteiger partial charge in [0.15, 0.2) is 0 Å². The monoisotopic (exact) mass is 330 g/mol. The van der Waals surface area contributed by atoms with Crippen molar-refractivity contribution in [3.63, 3.8) is 0 Å². The van der Waals surface area contributed by atoms with E-state index in [4.69, 9.17) is 5.73 Å². The van der Waals surface area contributed by atoms with Crippen molar-refractivity contribution in [2.45, 2.75) is 45.1 Å². The van der Waals surface area contributed by atoms with Crippen molar-refractivity contribution in [1.82, 2.24) is 5.32 Å². The summed E-state index contributed by atoms with van der Waals surface area (Å²) >= 11 is 5.39.